The summed E-state index contributed by atoms with van der Waals surface area (Å²) in [6, 6.07) is 5.76. The number of hydrogen-bond acceptors (Lipinski definition) is 3. The van der Waals surface area contributed by atoms with Crippen molar-refractivity contribution in [2.45, 2.75) is 37.6 Å². The van der Waals surface area contributed by atoms with Gasteiger partial charge in [-0.05, 0) is 55.4 Å². The smallest absolute Gasteiger partial charge is 0.248 e. The normalized spacial score (nSPS) is 23.7. The number of methoxy groups -OCH3 is 1. The predicted molar refractivity (Wildman–Crippen MR) is 70.7 cm³/mol. The van der Waals surface area contributed by atoms with Crippen LogP contribution in [0.3, 0.4) is 0 Å². The number of nitrogens with two attached hydrogens (primary N) is 2. The molecule has 0 aliphatic heterocycles. The van der Waals surface area contributed by atoms with Crippen molar-refractivity contribution in [3.05, 3.63) is 29.3 Å². The number of primary amides is 1. The van der Waals surface area contributed by atoms with Gasteiger partial charge >= 0.3 is 0 Å². The maximum Gasteiger partial charge on any atom is 0.248 e. The van der Waals surface area contributed by atoms with Crippen LogP contribution in [0.4, 0.5) is 0 Å². The van der Waals surface area contributed by atoms with E-state index in [0.29, 0.717) is 17.5 Å². The highest BCUT2D eigenvalue weighted by Crippen LogP contribution is 2.35. The van der Waals surface area contributed by atoms with Gasteiger partial charge in [-0.2, -0.15) is 0 Å². The van der Waals surface area contributed by atoms with Gasteiger partial charge in [-0.25, -0.2) is 0 Å². The highest BCUT2D eigenvalue weighted by Gasteiger charge is 2.23. The average Bonchev–Trinajstić information content (AvgIpc) is 2.38. The molecule has 1 aromatic rings. The lowest BCUT2D eigenvalue weighted by Crippen LogP contribution is -2.26. The maximum absolute atomic E-state index is 11.5. The molecule has 0 heterocycles. The first kappa shape index (κ1) is 12.9. The molecule has 0 aromatic heterocycles. The van der Waals surface area contributed by atoms with E-state index in [1.807, 2.05) is 6.07 Å². The van der Waals surface area contributed by atoms with Crippen LogP contribution in [-0.2, 0) is 0 Å². The molecule has 18 heavy (non-hydrogen) atoms. The van der Waals surface area contributed by atoms with Crippen LogP contribution >= 0.6 is 0 Å². The van der Waals surface area contributed by atoms with E-state index in [1.54, 1.807) is 19.2 Å². The molecule has 0 bridgehead atoms. The third-order valence-corrected chi connectivity index (χ3v) is 3.74. The molecule has 0 atom stereocenters. The van der Waals surface area contributed by atoms with Crippen molar-refractivity contribution in [1.82, 2.24) is 0 Å². The summed E-state index contributed by atoms with van der Waals surface area (Å²) in [5.41, 5.74) is 13.0. The average molecular weight is 248 g/mol. The predicted octanol–water partition coefficient (Wildman–Crippen LogP) is 1.78. The molecule has 0 radical (unpaired) electrons. The fraction of sp³-hybridized carbons (Fsp3) is 0.500. The number of carbonyl (C=O) groups is 1. The third kappa shape index (κ3) is 2.64. The molecule has 1 amide bonds. The minimum absolute atomic E-state index is 0.295. The summed E-state index contributed by atoms with van der Waals surface area (Å²) < 4.78 is 5.22. The van der Waals surface area contributed by atoms with E-state index in [9.17, 15) is 4.79 Å². The number of ether oxygens (including phenoxy) is 1. The third-order valence-electron chi connectivity index (χ3n) is 3.74. The first-order chi connectivity index (χ1) is 8.61. The Kier molecular flexibility index (Phi) is 3.87. The van der Waals surface area contributed by atoms with Gasteiger partial charge in [0, 0.05) is 11.6 Å². The van der Waals surface area contributed by atoms with Crippen molar-refractivity contribution in [2.75, 3.05) is 7.11 Å². The fourth-order valence-corrected chi connectivity index (χ4v) is 2.66. The summed E-state index contributed by atoms with van der Waals surface area (Å²) in [5.74, 6) is 0.759. The molecule has 0 saturated heterocycles. The lowest BCUT2D eigenvalue weighted by Gasteiger charge is -2.27. The molecule has 1 fully saturated rings. The summed E-state index contributed by atoms with van der Waals surface area (Å²) in [7, 11) is 1.62. The van der Waals surface area contributed by atoms with Crippen molar-refractivity contribution in [2.24, 2.45) is 11.5 Å². The molecular weight excluding hydrogens is 228 g/mol. The first-order valence-electron chi connectivity index (χ1n) is 6.35. The van der Waals surface area contributed by atoms with Gasteiger partial charge in [0.05, 0.1) is 7.11 Å². The SMILES string of the molecule is COc1ccc(C(N)=O)c(C2CCC(N)CC2)c1. The molecule has 4 heteroatoms. The Hall–Kier alpha value is -1.55. The van der Waals surface area contributed by atoms with E-state index < -0.39 is 0 Å². The Balaban J connectivity index is 2.31. The number of benzene rings is 1. The number of rotatable bonds is 3. The van der Waals surface area contributed by atoms with Crippen LogP contribution < -0.4 is 16.2 Å². The van der Waals surface area contributed by atoms with E-state index in [0.717, 1.165) is 37.0 Å². The first-order valence-corrected chi connectivity index (χ1v) is 6.35. The molecule has 0 spiro atoms. The fourth-order valence-electron chi connectivity index (χ4n) is 2.66. The van der Waals surface area contributed by atoms with Crippen molar-refractivity contribution >= 4 is 5.91 Å². The summed E-state index contributed by atoms with van der Waals surface area (Å²) in [6.45, 7) is 0. The van der Waals surface area contributed by atoms with Crippen LogP contribution in [0.1, 0.15) is 47.5 Å². The summed E-state index contributed by atoms with van der Waals surface area (Å²) in [4.78, 5) is 11.5. The van der Waals surface area contributed by atoms with E-state index in [2.05, 4.69) is 0 Å². The topological polar surface area (TPSA) is 78.3 Å². The van der Waals surface area contributed by atoms with Crippen molar-refractivity contribution < 1.29 is 9.53 Å². The second-order valence-electron chi connectivity index (χ2n) is 4.93. The zero-order valence-corrected chi connectivity index (χ0v) is 10.7. The number of hydrogen-bond donors (Lipinski definition) is 2. The van der Waals surface area contributed by atoms with Gasteiger partial charge in [0.15, 0.2) is 0 Å². The van der Waals surface area contributed by atoms with E-state index in [1.165, 1.54) is 0 Å². The van der Waals surface area contributed by atoms with Crippen LogP contribution in [0.15, 0.2) is 18.2 Å². The Morgan fingerprint density at radius 1 is 1.28 bits per heavy atom. The molecule has 1 aromatic carbocycles. The van der Waals surface area contributed by atoms with Crippen LogP contribution in [0, 0.1) is 0 Å². The van der Waals surface area contributed by atoms with Crippen molar-refractivity contribution in [3.63, 3.8) is 0 Å². The maximum atomic E-state index is 11.5. The minimum atomic E-state index is -0.373. The Labute approximate surface area is 107 Å². The van der Waals surface area contributed by atoms with Crippen LogP contribution in [0.2, 0.25) is 0 Å². The van der Waals surface area contributed by atoms with Gasteiger partial charge in [0.25, 0.3) is 0 Å². The van der Waals surface area contributed by atoms with Gasteiger partial charge in [0.2, 0.25) is 5.91 Å². The monoisotopic (exact) mass is 248 g/mol. The Morgan fingerprint density at radius 3 is 2.50 bits per heavy atom. The van der Waals surface area contributed by atoms with Gasteiger partial charge in [0.1, 0.15) is 5.75 Å². The second-order valence-corrected chi connectivity index (χ2v) is 4.93. The molecule has 0 unspecified atom stereocenters. The van der Waals surface area contributed by atoms with Gasteiger partial charge < -0.3 is 16.2 Å². The minimum Gasteiger partial charge on any atom is -0.497 e. The molecule has 4 nitrogen and oxygen atoms in total. The van der Waals surface area contributed by atoms with Gasteiger partial charge in [-0.1, -0.05) is 0 Å². The Morgan fingerprint density at radius 2 is 1.94 bits per heavy atom. The summed E-state index contributed by atoms with van der Waals surface area (Å²) in [6.07, 6.45) is 4.02. The Bertz CT molecular complexity index is 437. The standard InChI is InChI=1S/C14H20N2O2/c1-18-11-6-7-12(14(16)17)13(8-11)9-2-4-10(15)5-3-9/h6-10H,2-5,15H2,1H3,(H2,16,17). The summed E-state index contributed by atoms with van der Waals surface area (Å²) >= 11 is 0. The second kappa shape index (κ2) is 5.40. The van der Waals surface area contributed by atoms with Crippen LogP contribution in [0.25, 0.3) is 0 Å². The van der Waals surface area contributed by atoms with E-state index in [-0.39, 0.29) is 5.91 Å². The number of amides is 1. The highest BCUT2D eigenvalue weighted by atomic mass is 16.5. The van der Waals surface area contributed by atoms with Gasteiger partial charge in [-0.15, -0.1) is 0 Å². The quantitative estimate of drug-likeness (QED) is 0.855. The van der Waals surface area contributed by atoms with Gasteiger partial charge in [-0.3, -0.25) is 4.79 Å². The van der Waals surface area contributed by atoms with E-state index in [4.69, 9.17) is 16.2 Å². The van der Waals surface area contributed by atoms with Crippen LogP contribution in [-0.4, -0.2) is 19.1 Å². The molecule has 1 saturated carbocycles. The lowest BCUT2D eigenvalue weighted by molar-refractivity contribution is 0.0998. The zero-order valence-electron chi connectivity index (χ0n) is 10.7. The molecule has 1 aliphatic carbocycles. The van der Waals surface area contributed by atoms with Crippen molar-refractivity contribution in [3.8, 4) is 5.75 Å². The molecule has 2 rings (SSSR count). The highest BCUT2D eigenvalue weighted by molar-refractivity contribution is 5.94. The molecule has 1 aliphatic rings. The zero-order chi connectivity index (χ0) is 13.1. The van der Waals surface area contributed by atoms with Crippen molar-refractivity contribution in [1.29, 1.82) is 0 Å². The molecule has 98 valence electrons. The number of carbonyl (C=O) groups excluding carboxylic acids is 1. The summed E-state index contributed by atoms with van der Waals surface area (Å²) in [5, 5.41) is 0. The molecular formula is C14H20N2O2. The van der Waals surface area contributed by atoms with Crippen LogP contribution in [0.5, 0.6) is 5.75 Å². The molecule has 4 N–H and O–H groups in total. The largest absolute Gasteiger partial charge is 0.497 e. The lowest BCUT2D eigenvalue weighted by atomic mass is 9.80. The van der Waals surface area contributed by atoms with E-state index >= 15 is 0 Å².